The normalized spacial score (nSPS) is 15.2. The predicted octanol–water partition coefficient (Wildman–Crippen LogP) is 3.64. The number of nitrogens with one attached hydrogen (secondary N) is 1. The molecule has 1 aliphatic rings. The monoisotopic (exact) mass is 323 g/mol. The summed E-state index contributed by atoms with van der Waals surface area (Å²) in [5, 5.41) is 3.01. The number of rotatable bonds is 4. The molecule has 0 saturated carbocycles. The Morgan fingerprint density at radius 1 is 1.10 bits per heavy atom. The van der Waals surface area contributed by atoms with Crippen molar-refractivity contribution in [3.05, 3.63) is 46.1 Å². The lowest BCUT2D eigenvalue weighted by molar-refractivity contribution is 0.0975. The summed E-state index contributed by atoms with van der Waals surface area (Å²) in [5.74, 6) is 0.328. The van der Waals surface area contributed by atoms with Gasteiger partial charge < -0.3 is 5.32 Å². The topological polar surface area (TPSA) is 46.2 Å². The molecule has 0 atom stereocenters. The van der Waals surface area contributed by atoms with Crippen molar-refractivity contribution in [1.29, 1.82) is 0 Å². The van der Waals surface area contributed by atoms with E-state index in [1.54, 1.807) is 36.0 Å². The maximum Gasteiger partial charge on any atom is 0.211 e. The highest BCUT2D eigenvalue weighted by Gasteiger charge is 2.30. The van der Waals surface area contributed by atoms with Gasteiger partial charge in [-0.15, -0.1) is 0 Å². The maximum absolute atomic E-state index is 12.4. The van der Waals surface area contributed by atoms with Gasteiger partial charge >= 0.3 is 0 Å². The molecule has 2 rings (SSSR count). The molecule has 0 radical (unpaired) electrons. The Balaban J connectivity index is 2.12. The van der Waals surface area contributed by atoms with Crippen LogP contribution < -0.4 is 5.32 Å². The lowest BCUT2D eigenvalue weighted by atomic mass is 9.92. The molecule has 0 fully saturated rings. The maximum atomic E-state index is 12.4. The molecule has 0 spiro atoms. The fourth-order valence-corrected chi connectivity index (χ4v) is 3.11. The van der Waals surface area contributed by atoms with Crippen molar-refractivity contribution in [3.8, 4) is 0 Å². The van der Waals surface area contributed by atoms with E-state index in [9.17, 15) is 9.59 Å². The molecule has 1 aromatic rings. The van der Waals surface area contributed by atoms with E-state index in [4.69, 9.17) is 11.6 Å². The Morgan fingerprint density at radius 3 is 2.24 bits per heavy atom. The van der Waals surface area contributed by atoms with Crippen LogP contribution >= 0.6 is 23.4 Å². The van der Waals surface area contributed by atoms with Crippen molar-refractivity contribution in [2.24, 2.45) is 0 Å². The quantitative estimate of drug-likeness (QED) is 0.859. The van der Waals surface area contributed by atoms with Crippen molar-refractivity contribution < 1.29 is 9.59 Å². The van der Waals surface area contributed by atoms with Gasteiger partial charge in [-0.2, -0.15) is 11.8 Å². The van der Waals surface area contributed by atoms with Crippen molar-refractivity contribution in [2.75, 3.05) is 12.3 Å². The van der Waals surface area contributed by atoms with E-state index >= 15 is 0 Å². The number of halogens is 1. The minimum Gasteiger partial charge on any atom is -0.380 e. The minimum absolute atomic E-state index is 0.0144. The second-order valence-corrected chi connectivity index (χ2v) is 8.08. The molecule has 1 aromatic carbocycles. The molecule has 0 saturated heterocycles. The third-order valence-electron chi connectivity index (χ3n) is 3.00. The Bertz CT molecular complexity index is 617. The first-order valence-electron chi connectivity index (χ1n) is 6.77. The Labute approximate surface area is 134 Å². The lowest BCUT2D eigenvalue weighted by Crippen LogP contribution is -2.30. The average molecular weight is 324 g/mol. The number of ketones is 2. The van der Waals surface area contributed by atoms with Crippen molar-refractivity contribution >= 4 is 34.9 Å². The smallest absolute Gasteiger partial charge is 0.211 e. The van der Waals surface area contributed by atoms with Crippen LogP contribution in [-0.4, -0.2) is 28.6 Å². The van der Waals surface area contributed by atoms with E-state index in [-0.39, 0.29) is 27.0 Å². The summed E-state index contributed by atoms with van der Waals surface area (Å²) in [7, 11) is 0. The summed E-state index contributed by atoms with van der Waals surface area (Å²) >= 11 is 7.85. The molecule has 112 valence electrons. The number of fused-ring (bicyclic) bond motifs is 1. The van der Waals surface area contributed by atoms with Crippen molar-refractivity contribution in [3.63, 3.8) is 0 Å². The van der Waals surface area contributed by atoms with Gasteiger partial charge in [-0.3, -0.25) is 9.59 Å². The molecule has 0 aromatic heterocycles. The summed E-state index contributed by atoms with van der Waals surface area (Å²) < 4.78 is 0.166. The standard InChI is InChI=1S/C16H18ClNO2S/c1-16(2,3)21-9-8-18-13-12(17)14(19)10-6-4-5-7-11(10)15(13)20/h4-7,18H,8-9H2,1-3H3. The molecular formula is C16H18ClNO2S. The van der Waals surface area contributed by atoms with Crippen LogP contribution in [0.25, 0.3) is 0 Å². The second kappa shape index (κ2) is 6.24. The number of hydrogen-bond donors (Lipinski definition) is 1. The third-order valence-corrected chi connectivity index (χ3v) is 4.64. The van der Waals surface area contributed by atoms with Gasteiger partial charge in [0.15, 0.2) is 0 Å². The number of carbonyl (C=O) groups excluding carboxylic acids is 2. The number of Topliss-reactive ketones (excluding diaryl/α,β-unsaturated/α-hetero) is 2. The minimum atomic E-state index is -0.294. The first-order valence-corrected chi connectivity index (χ1v) is 8.13. The van der Waals surface area contributed by atoms with Crippen molar-refractivity contribution in [2.45, 2.75) is 25.5 Å². The molecule has 3 nitrogen and oxygen atoms in total. The van der Waals surface area contributed by atoms with Crippen LogP contribution in [0.1, 0.15) is 41.5 Å². The van der Waals surface area contributed by atoms with Crippen LogP contribution in [0.15, 0.2) is 35.0 Å². The average Bonchev–Trinajstić information content (AvgIpc) is 2.43. The van der Waals surface area contributed by atoms with Gasteiger partial charge in [0.1, 0.15) is 10.7 Å². The van der Waals surface area contributed by atoms with Crippen molar-refractivity contribution in [1.82, 2.24) is 5.32 Å². The summed E-state index contributed by atoms with van der Waals surface area (Å²) in [5.41, 5.74) is 1.01. The Morgan fingerprint density at radius 2 is 1.67 bits per heavy atom. The van der Waals surface area contributed by atoms with Crippen LogP contribution in [0.2, 0.25) is 0 Å². The summed E-state index contributed by atoms with van der Waals surface area (Å²) in [4.78, 5) is 24.6. The number of thioether (sulfide) groups is 1. The fraction of sp³-hybridized carbons (Fsp3) is 0.375. The molecule has 0 heterocycles. The van der Waals surface area contributed by atoms with Gasteiger partial charge in [0.25, 0.3) is 0 Å². The summed E-state index contributed by atoms with van der Waals surface area (Å²) in [6.07, 6.45) is 0. The number of benzene rings is 1. The first-order chi connectivity index (χ1) is 9.81. The fourth-order valence-electron chi connectivity index (χ4n) is 2.04. The molecule has 21 heavy (non-hydrogen) atoms. The van der Waals surface area contributed by atoms with Crippen LogP contribution in [-0.2, 0) is 0 Å². The largest absolute Gasteiger partial charge is 0.380 e. The highest BCUT2D eigenvalue weighted by atomic mass is 35.5. The highest BCUT2D eigenvalue weighted by Crippen LogP contribution is 2.27. The van der Waals surface area contributed by atoms with Crippen LogP contribution in [0.3, 0.4) is 0 Å². The molecular weight excluding hydrogens is 306 g/mol. The Hall–Kier alpha value is -1.26. The van der Waals surface area contributed by atoms with Gasteiger partial charge in [0, 0.05) is 28.2 Å². The SMILES string of the molecule is CC(C)(C)SCCNC1=C(Cl)C(=O)c2ccccc2C1=O. The number of hydrogen-bond acceptors (Lipinski definition) is 4. The van der Waals surface area contributed by atoms with Crippen LogP contribution in [0.4, 0.5) is 0 Å². The van der Waals surface area contributed by atoms with E-state index in [1.165, 1.54) is 0 Å². The highest BCUT2D eigenvalue weighted by molar-refractivity contribution is 8.00. The van der Waals surface area contributed by atoms with E-state index in [0.29, 0.717) is 17.7 Å². The molecule has 0 bridgehead atoms. The predicted molar refractivity (Wildman–Crippen MR) is 88.2 cm³/mol. The van der Waals surface area contributed by atoms with Gasteiger partial charge in [0.05, 0.1) is 0 Å². The van der Waals surface area contributed by atoms with Crippen LogP contribution in [0, 0.1) is 0 Å². The number of allylic oxidation sites excluding steroid dienone is 2. The van der Waals surface area contributed by atoms with E-state index in [0.717, 1.165) is 5.75 Å². The van der Waals surface area contributed by atoms with E-state index < -0.39 is 0 Å². The van der Waals surface area contributed by atoms with Gasteiger partial charge in [-0.25, -0.2) is 0 Å². The first kappa shape index (κ1) is 16.1. The summed E-state index contributed by atoms with van der Waals surface area (Å²) in [6, 6.07) is 6.76. The zero-order chi connectivity index (χ0) is 15.6. The van der Waals surface area contributed by atoms with E-state index in [1.807, 2.05) is 0 Å². The lowest BCUT2D eigenvalue weighted by Gasteiger charge is -2.20. The molecule has 1 aliphatic carbocycles. The van der Waals surface area contributed by atoms with Gasteiger partial charge in [-0.1, -0.05) is 56.6 Å². The molecule has 0 aliphatic heterocycles. The van der Waals surface area contributed by atoms with Gasteiger partial charge in [0.2, 0.25) is 11.6 Å². The Kier molecular flexibility index (Phi) is 4.79. The summed E-state index contributed by atoms with van der Waals surface area (Å²) in [6.45, 7) is 7.00. The molecule has 0 amide bonds. The van der Waals surface area contributed by atoms with Crippen LogP contribution in [0.5, 0.6) is 0 Å². The second-order valence-electron chi connectivity index (χ2n) is 5.78. The molecule has 1 N–H and O–H groups in total. The van der Waals surface area contributed by atoms with E-state index in [2.05, 4.69) is 26.1 Å². The zero-order valence-electron chi connectivity index (χ0n) is 12.3. The zero-order valence-corrected chi connectivity index (χ0v) is 13.9. The number of carbonyl (C=O) groups is 2. The molecule has 5 heteroatoms. The third kappa shape index (κ3) is 3.69. The van der Waals surface area contributed by atoms with Gasteiger partial charge in [-0.05, 0) is 0 Å². The molecule has 0 unspecified atom stereocenters.